The smallest absolute Gasteiger partial charge is 0.256 e. The Balaban J connectivity index is 1.83. The van der Waals surface area contributed by atoms with Gasteiger partial charge in [-0.1, -0.05) is 13.8 Å². The molecule has 3 N–H and O–H groups in total. The molecule has 150 valence electrons. The Morgan fingerprint density at radius 1 is 1.14 bits per heavy atom. The molecule has 1 aromatic heterocycles. The summed E-state index contributed by atoms with van der Waals surface area (Å²) in [6.45, 7) is 4.30. The fraction of sp³-hybridized carbons (Fsp3) is 0.368. The zero-order chi connectivity index (χ0) is 20.5. The molecule has 0 fully saturated rings. The highest BCUT2D eigenvalue weighted by Crippen LogP contribution is 2.39. The molecule has 1 aliphatic rings. The molecule has 0 radical (unpaired) electrons. The Labute approximate surface area is 168 Å². The normalized spacial score (nSPS) is 13.5. The summed E-state index contributed by atoms with van der Waals surface area (Å²) in [7, 11) is -3.58. The van der Waals surface area contributed by atoms with Gasteiger partial charge in [0.1, 0.15) is 5.00 Å². The number of amides is 2. The first-order valence-corrected chi connectivity index (χ1v) is 11.4. The van der Waals surface area contributed by atoms with Crippen molar-refractivity contribution in [1.29, 1.82) is 0 Å². The summed E-state index contributed by atoms with van der Waals surface area (Å²) >= 11 is 1.38. The van der Waals surface area contributed by atoms with Crippen LogP contribution in [0.2, 0.25) is 0 Å². The average molecular weight is 422 g/mol. The number of anilines is 1. The van der Waals surface area contributed by atoms with Crippen LogP contribution in [0.4, 0.5) is 5.00 Å². The van der Waals surface area contributed by atoms with Crippen LogP contribution in [0, 0.1) is 0 Å². The van der Waals surface area contributed by atoms with Crippen LogP contribution in [-0.4, -0.2) is 37.6 Å². The first-order valence-electron chi connectivity index (χ1n) is 9.15. The maximum Gasteiger partial charge on any atom is 0.256 e. The van der Waals surface area contributed by atoms with Gasteiger partial charge < -0.3 is 11.1 Å². The molecule has 3 rings (SSSR count). The van der Waals surface area contributed by atoms with E-state index < -0.39 is 21.8 Å². The topological polar surface area (TPSA) is 110 Å². The van der Waals surface area contributed by atoms with Crippen molar-refractivity contribution in [2.75, 3.05) is 18.4 Å². The second kappa shape index (κ2) is 8.02. The van der Waals surface area contributed by atoms with Crippen LogP contribution < -0.4 is 11.1 Å². The second-order valence-electron chi connectivity index (χ2n) is 6.49. The Kier molecular flexibility index (Phi) is 5.87. The van der Waals surface area contributed by atoms with E-state index in [4.69, 9.17) is 5.73 Å². The van der Waals surface area contributed by atoms with E-state index >= 15 is 0 Å². The third-order valence-electron chi connectivity index (χ3n) is 4.85. The molecule has 2 amide bonds. The number of nitrogens with one attached hydrogen (secondary N) is 1. The third kappa shape index (κ3) is 3.69. The molecule has 0 atom stereocenters. The summed E-state index contributed by atoms with van der Waals surface area (Å²) in [5.74, 6) is -0.954. The molecule has 28 heavy (non-hydrogen) atoms. The number of sulfonamides is 1. The van der Waals surface area contributed by atoms with Crippen molar-refractivity contribution in [3.05, 3.63) is 45.8 Å². The van der Waals surface area contributed by atoms with Crippen molar-refractivity contribution in [1.82, 2.24) is 4.31 Å². The fourth-order valence-corrected chi connectivity index (χ4v) is 6.17. The minimum Gasteiger partial charge on any atom is -0.365 e. The van der Waals surface area contributed by atoms with E-state index in [0.717, 1.165) is 29.7 Å². The molecule has 1 heterocycles. The Morgan fingerprint density at radius 3 is 2.36 bits per heavy atom. The summed E-state index contributed by atoms with van der Waals surface area (Å²) in [5.41, 5.74) is 7.16. The molecular formula is C19H23N3O4S2. The summed E-state index contributed by atoms with van der Waals surface area (Å²) in [4.78, 5) is 25.7. The number of carbonyl (C=O) groups excluding carboxylic acids is 2. The standard InChI is InChI=1S/C19H23N3O4S2/c1-3-22(4-2)28(25,26)13-10-8-12(9-11-13)18(24)21-19-16(17(20)23)14-6-5-7-15(14)27-19/h8-11H,3-7H2,1-2H3,(H2,20,23)(H,21,24). The van der Waals surface area contributed by atoms with E-state index in [1.165, 1.54) is 39.9 Å². The van der Waals surface area contributed by atoms with Gasteiger partial charge in [0.05, 0.1) is 10.5 Å². The number of thiophene rings is 1. The number of primary amides is 1. The number of carbonyl (C=O) groups is 2. The average Bonchev–Trinajstić information content (AvgIpc) is 3.22. The number of fused-ring (bicyclic) bond motifs is 1. The molecular weight excluding hydrogens is 398 g/mol. The Morgan fingerprint density at radius 2 is 1.79 bits per heavy atom. The van der Waals surface area contributed by atoms with Crippen LogP contribution in [-0.2, 0) is 22.9 Å². The van der Waals surface area contributed by atoms with Gasteiger partial charge >= 0.3 is 0 Å². The third-order valence-corrected chi connectivity index (χ3v) is 8.13. The SMILES string of the molecule is CCN(CC)S(=O)(=O)c1ccc(C(=O)Nc2sc3c(c2C(N)=O)CCC3)cc1. The summed E-state index contributed by atoms with van der Waals surface area (Å²) < 4.78 is 26.4. The van der Waals surface area contributed by atoms with Gasteiger partial charge in [-0.15, -0.1) is 11.3 Å². The molecule has 0 spiro atoms. The van der Waals surface area contributed by atoms with E-state index in [1.54, 1.807) is 13.8 Å². The Bertz CT molecular complexity index is 1010. The highest BCUT2D eigenvalue weighted by molar-refractivity contribution is 7.89. The van der Waals surface area contributed by atoms with Crippen molar-refractivity contribution in [2.45, 2.75) is 38.0 Å². The van der Waals surface area contributed by atoms with E-state index in [2.05, 4.69) is 5.32 Å². The molecule has 2 aromatic rings. The monoisotopic (exact) mass is 421 g/mol. The lowest BCUT2D eigenvalue weighted by molar-refractivity contribution is 0.100. The van der Waals surface area contributed by atoms with Crippen molar-refractivity contribution < 1.29 is 18.0 Å². The molecule has 1 aromatic carbocycles. The first-order chi connectivity index (χ1) is 13.3. The number of rotatable bonds is 7. The fourth-order valence-electron chi connectivity index (χ4n) is 3.42. The molecule has 0 bridgehead atoms. The summed E-state index contributed by atoms with van der Waals surface area (Å²) in [6, 6.07) is 5.78. The lowest BCUT2D eigenvalue weighted by Gasteiger charge is -2.18. The lowest BCUT2D eigenvalue weighted by Crippen LogP contribution is -2.30. The van der Waals surface area contributed by atoms with E-state index in [0.29, 0.717) is 29.2 Å². The molecule has 1 aliphatic carbocycles. The molecule has 7 nitrogen and oxygen atoms in total. The minimum absolute atomic E-state index is 0.140. The second-order valence-corrected chi connectivity index (χ2v) is 9.54. The van der Waals surface area contributed by atoms with Gasteiger partial charge in [-0.05, 0) is 49.1 Å². The zero-order valence-corrected chi connectivity index (χ0v) is 17.5. The van der Waals surface area contributed by atoms with Crippen molar-refractivity contribution >= 4 is 38.2 Å². The number of hydrogen-bond acceptors (Lipinski definition) is 5. The summed E-state index contributed by atoms with van der Waals surface area (Å²) in [6.07, 6.45) is 2.66. The summed E-state index contributed by atoms with van der Waals surface area (Å²) in [5, 5.41) is 3.22. The quantitative estimate of drug-likeness (QED) is 0.716. The van der Waals surface area contributed by atoms with Crippen LogP contribution in [0.3, 0.4) is 0 Å². The maximum absolute atomic E-state index is 12.6. The van der Waals surface area contributed by atoms with Gasteiger partial charge in [-0.3, -0.25) is 9.59 Å². The van der Waals surface area contributed by atoms with Crippen LogP contribution in [0.1, 0.15) is 51.4 Å². The number of benzene rings is 1. The highest BCUT2D eigenvalue weighted by atomic mass is 32.2. The van der Waals surface area contributed by atoms with Crippen LogP contribution in [0.5, 0.6) is 0 Å². The van der Waals surface area contributed by atoms with Gasteiger partial charge in [0.2, 0.25) is 10.0 Å². The van der Waals surface area contributed by atoms with Crippen LogP contribution in [0.15, 0.2) is 29.2 Å². The lowest BCUT2D eigenvalue weighted by atomic mass is 10.1. The molecule has 0 unspecified atom stereocenters. The van der Waals surface area contributed by atoms with Crippen LogP contribution >= 0.6 is 11.3 Å². The number of nitrogens with zero attached hydrogens (tertiary/aromatic N) is 1. The van der Waals surface area contributed by atoms with E-state index in [-0.39, 0.29) is 4.90 Å². The predicted octanol–water partition coefficient (Wildman–Crippen LogP) is 2.62. The van der Waals surface area contributed by atoms with Gasteiger partial charge in [0, 0.05) is 23.5 Å². The molecule has 0 saturated heterocycles. The Hall–Kier alpha value is -2.23. The minimum atomic E-state index is -3.58. The number of hydrogen-bond donors (Lipinski definition) is 2. The predicted molar refractivity (Wildman–Crippen MR) is 109 cm³/mol. The number of nitrogens with two attached hydrogens (primary N) is 1. The van der Waals surface area contributed by atoms with E-state index in [9.17, 15) is 18.0 Å². The van der Waals surface area contributed by atoms with Crippen molar-refractivity contribution in [3.8, 4) is 0 Å². The van der Waals surface area contributed by atoms with Crippen LogP contribution in [0.25, 0.3) is 0 Å². The van der Waals surface area contributed by atoms with Gasteiger partial charge in [-0.25, -0.2) is 8.42 Å². The van der Waals surface area contributed by atoms with Crippen molar-refractivity contribution in [2.24, 2.45) is 5.73 Å². The van der Waals surface area contributed by atoms with Gasteiger partial charge in [0.15, 0.2) is 0 Å². The van der Waals surface area contributed by atoms with E-state index in [1.807, 2.05) is 0 Å². The van der Waals surface area contributed by atoms with Gasteiger partial charge in [0.25, 0.3) is 11.8 Å². The zero-order valence-electron chi connectivity index (χ0n) is 15.8. The maximum atomic E-state index is 12.6. The van der Waals surface area contributed by atoms with Gasteiger partial charge in [-0.2, -0.15) is 4.31 Å². The molecule has 9 heteroatoms. The largest absolute Gasteiger partial charge is 0.365 e. The number of aryl methyl sites for hydroxylation is 1. The molecule has 0 aliphatic heterocycles. The first kappa shape index (κ1) is 20.5. The highest BCUT2D eigenvalue weighted by Gasteiger charge is 2.26. The molecule has 0 saturated carbocycles. The van der Waals surface area contributed by atoms with Crippen molar-refractivity contribution in [3.63, 3.8) is 0 Å².